The van der Waals surface area contributed by atoms with E-state index in [2.05, 4.69) is 5.32 Å². The van der Waals surface area contributed by atoms with Crippen molar-refractivity contribution in [2.45, 2.75) is 6.54 Å². The van der Waals surface area contributed by atoms with E-state index in [1.807, 2.05) is 43.3 Å². The molecule has 2 amide bonds. The van der Waals surface area contributed by atoms with Crippen molar-refractivity contribution in [1.29, 1.82) is 0 Å². The Kier molecular flexibility index (Phi) is 5.61. The van der Waals surface area contributed by atoms with E-state index >= 15 is 0 Å². The zero-order valence-electron chi connectivity index (χ0n) is 11.3. The van der Waals surface area contributed by atoms with E-state index in [9.17, 15) is 4.79 Å². The number of nitrogens with one attached hydrogen (secondary N) is 1. The highest BCUT2D eigenvalue weighted by atomic mass is 16.2. The van der Waals surface area contributed by atoms with Gasteiger partial charge in [0.2, 0.25) is 0 Å². The number of urea groups is 1. The number of hydrogen-bond donors (Lipinski definition) is 2. The Morgan fingerprint density at radius 2 is 2.00 bits per heavy atom. The molecule has 1 aromatic carbocycles. The topological polar surface area (TPSA) is 61.6 Å². The largest absolute Gasteiger partial charge is 0.326 e. The van der Waals surface area contributed by atoms with Crippen molar-refractivity contribution in [3.63, 3.8) is 0 Å². The van der Waals surface area contributed by atoms with Crippen LogP contribution in [0.1, 0.15) is 5.56 Å². The highest BCUT2D eigenvalue weighted by Crippen LogP contribution is 2.10. The number of nitrogens with zero attached hydrogens (tertiary/aromatic N) is 2. The second kappa shape index (κ2) is 6.98. The summed E-state index contributed by atoms with van der Waals surface area (Å²) in [6, 6.07) is 7.46. The summed E-state index contributed by atoms with van der Waals surface area (Å²) in [5.74, 6) is 0. The summed E-state index contributed by atoms with van der Waals surface area (Å²) in [4.78, 5) is 15.6. The Morgan fingerprint density at radius 3 is 2.61 bits per heavy atom. The van der Waals surface area contributed by atoms with Crippen LogP contribution in [0.4, 0.5) is 10.5 Å². The predicted octanol–water partition coefficient (Wildman–Crippen LogP) is 1.17. The summed E-state index contributed by atoms with van der Waals surface area (Å²) in [5.41, 5.74) is 7.34. The van der Waals surface area contributed by atoms with Crippen molar-refractivity contribution in [3.05, 3.63) is 29.8 Å². The van der Waals surface area contributed by atoms with Crippen LogP contribution in [-0.2, 0) is 6.54 Å². The average molecular weight is 250 g/mol. The normalized spacial score (nSPS) is 10.5. The fourth-order valence-corrected chi connectivity index (χ4v) is 1.45. The van der Waals surface area contributed by atoms with Gasteiger partial charge in [-0.05, 0) is 31.8 Å². The van der Waals surface area contributed by atoms with Crippen molar-refractivity contribution >= 4 is 11.7 Å². The number of anilines is 1. The highest BCUT2D eigenvalue weighted by Gasteiger charge is 2.08. The molecule has 0 saturated carbocycles. The van der Waals surface area contributed by atoms with Crippen LogP contribution in [0.25, 0.3) is 0 Å². The fourth-order valence-electron chi connectivity index (χ4n) is 1.45. The molecule has 0 unspecified atom stereocenters. The second-order valence-corrected chi connectivity index (χ2v) is 4.56. The van der Waals surface area contributed by atoms with Gasteiger partial charge in [-0.1, -0.05) is 12.1 Å². The molecule has 100 valence electrons. The molecular formula is C13H22N4O. The standard InChI is InChI=1S/C13H22N4O/c1-16(2)7-8-17(3)13(18)15-12-6-4-5-11(9-12)10-14/h4-6,9H,7-8,10,14H2,1-3H3,(H,15,18). The van der Waals surface area contributed by atoms with E-state index in [-0.39, 0.29) is 6.03 Å². The second-order valence-electron chi connectivity index (χ2n) is 4.56. The molecular weight excluding hydrogens is 228 g/mol. The van der Waals surface area contributed by atoms with Crippen LogP contribution in [0.5, 0.6) is 0 Å². The summed E-state index contributed by atoms with van der Waals surface area (Å²) < 4.78 is 0. The fraction of sp³-hybridized carbons (Fsp3) is 0.462. The van der Waals surface area contributed by atoms with Gasteiger partial charge in [0.15, 0.2) is 0 Å². The lowest BCUT2D eigenvalue weighted by atomic mass is 10.2. The molecule has 0 fully saturated rings. The van der Waals surface area contributed by atoms with Crippen molar-refractivity contribution < 1.29 is 4.79 Å². The molecule has 0 aromatic heterocycles. The lowest BCUT2D eigenvalue weighted by molar-refractivity contribution is 0.217. The van der Waals surface area contributed by atoms with Gasteiger partial charge in [-0.2, -0.15) is 0 Å². The zero-order valence-corrected chi connectivity index (χ0v) is 11.3. The van der Waals surface area contributed by atoms with Crippen LogP contribution in [0.3, 0.4) is 0 Å². The van der Waals surface area contributed by atoms with Crippen LogP contribution in [-0.4, -0.2) is 50.1 Å². The molecule has 18 heavy (non-hydrogen) atoms. The first-order chi connectivity index (χ1) is 8.52. The number of amides is 2. The number of carbonyl (C=O) groups is 1. The Labute approximate surface area is 109 Å². The summed E-state index contributed by atoms with van der Waals surface area (Å²) in [7, 11) is 5.75. The Bertz CT molecular complexity index is 392. The van der Waals surface area contributed by atoms with Crippen LogP contribution in [0.15, 0.2) is 24.3 Å². The number of nitrogens with two attached hydrogens (primary N) is 1. The summed E-state index contributed by atoms with van der Waals surface area (Å²) in [6.07, 6.45) is 0. The van der Waals surface area contributed by atoms with Crippen LogP contribution in [0, 0.1) is 0 Å². The molecule has 0 spiro atoms. The van der Waals surface area contributed by atoms with Gasteiger partial charge in [0.1, 0.15) is 0 Å². The monoisotopic (exact) mass is 250 g/mol. The first kappa shape index (κ1) is 14.5. The summed E-state index contributed by atoms with van der Waals surface area (Å²) >= 11 is 0. The minimum atomic E-state index is -0.106. The number of hydrogen-bond acceptors (Lipinski definition) is 3. The van der Waals surface area contributed by atoms with E-state index in [0.717, 1.165) is 17.8 Å². The minimum Gasteiger partial charge on any atom is -0.326 e. The van der Waals surface area contributed by atoms with E-state index in [4.69, 9.17) is 5.73 Å². The molecule has 0 bridgehead atoms. The van der Waals surface area contributed by atoms with E-state index in [1.54, 1.807) is 11.9 Å². The van der Waals surface area contributed by atoms with Crippen molar-refractivity contribution in [1.82, 2.24) is 9.80 Å². The lowest BCUT2D eigenvalue weighted by Gasteiger charge is -2.20. The van der Waals surface area contributed by atoms with Gasteiger partial charge < -0.3 is 20.9 Å². The number of benzene rings is 1. The van der Waals surface area contributed by atoms with E-state index < -0.39 is 0 Å². The van der Waals surface area contributed by atoms with E-state index in [0.29, 0.717) is 13.1 Å². The van der Waals surface area contributed by atoms with Gasteiger partial charge in [0.05, 0.1) is 0 Å². The molecule has 0 atom stereocenters. The van der Waals surface area contributed by atoms with Crippen LogP contribution in [0.2, 0.25) is 0 Å². The molecule has 1 rings (SSSR count). The molecule has 5 nitrogen and oxygen atoms in total. The van der Waals surface area contributed by atoms with Gasteiger partial charge in [0, 0.05) is 32.4 Å². The molecule has 5 heteroatoms. The quantitative estimate of drug-likeness (QED) is 0.824. The first-order valence-electron chi connectivity index (χ1n) is 5.98. The number of rotatable bonds is 5. The molecule has 0 heterocycles. The molecule has 1 aromatic rings. The molecule has 0 aliphatic heterocycles. The third-order valence-corrected chi connectivity index (χ3v) is 2.64. The number of carbonyl (C=O) groups excluding carboxylic acids is 1. The molecule has 0 aliphatic rings. The summed E-state index contributed by atoms with van der Waals surface area (Å²) in [5, 5.41) is 2.85. The third kappa shape index (κ3) is 4.73. The van der Waals surface area contributed by atoms with Gasteiger partial charge >= 0.3 is 6.03 Å². The summed E-state index contributed by atoms with van der Waals surface area (Å²) in [6.45, 7) is 2.00. The van der Waals surface area contributed by atoms with Crippen LogP contribution < -0.4 is 11.1 Å². The van der Waals surface area contributed by atoms with Gasteiger partial charge in [-0.25, -0.2) is 4.79 Å². The maximum Gasteiger partial charge on any atom is 0.321 e. The first-order valence-corrected chi connectivity index (χ1v) is 5.98. The Morgan fingerprint density at radius 1 is 1.28 bits per heavy atom. The minimum absolute atomic E-state index is 0.106. The molecule has 0 radical (unpaired) electrons. The zero-order chi connectivity index (χ0) is 13.5. The van der Waals surface area contributed by atoms with Gasteiger partial charge in [0.25, 0.3) is 0 Å². The molecule has 3 N–H and O–H groups in total. The maximum atomic E-state index is 11.9. The molecule has 0 aliphatic carbocycles. The lowest BCUT2D eigenvalue weighted by Crippen LogP contribution is -2.36. The predicted molar refractivity (Wildman–Crippen MR) is 74.5 cm³/mol. The maximum absolute atomic E-state index is 11.9. The average Bonchev–Trinajstić information content (AvgIpc) is 2.36. The van der Waals surface area contributed by atoms with E-state index in [1.165, 1.54) is 0 Å². The Balaban J connectivity index is 2.52. The smallest absolute Gasteiger partial charge is 0.321 e. The SMILES string of the molecule is CN(C)CCN(C)C(=O)Nc1cccc(CN)c1. The number of likely N-dealkylation sites (N-methyl/N-ethyl adjacent to an activating group) is 2. The molecule has 0 saturated heterocycles. The third-order valence-electron chi connectivity index (χ3n) is 2.64. The van der Waals surface area contributed by atoms with Crippen molar-refractivity contribution in [3.8, 4) is 0 Å². The van der Waals surface area contributed by atoms with Crippen molar-refractivity contribution in [2.24, 2.45) is 5.73 Å². The Hall–Kier alpha value is -1.59. The van der Waals surface area contributed by atoms with Crippen molar-refractivity contribution in [2.75, 3.05) is 39.5 Å². The van der Waals surface area contributed by atoms with Gasteiger partial charge in [-0.15, -0.1) is 0 Å². The van der Waals surface area contributed by atoms with Crippen LogP contribution >= 0.6 is 0 Å². The highest BCUT2D eigenvalue weighted by molar-refractivity contribution is 5.89. The van der Waals surface area contributed by atoms with Gasteiger partial charge in [-0.3, -0.25) is 0 Å².